The summed E-state index contributed by atoms with van der Waals surface area (Å²) in [7, 11) is 3.66. The first-order chi connectivity index (χ1) is 9.76. The summed E-state index contributed by atoms with van der Waals surface area (Å²) in [6.45, 7) is 3.15. The Morgan fingerprint density at radius 3 is 2.70 bits per heavy atom. The second kappa shape index (κ2) is 7.10. The third-order valence-electron chi connectivity index (χ3n) is 3.42. The van der Waals surface area contributed by atoms with E-state index in [2.05, 4.69) is 41.6 Å². The highest BCUT2D eigenvalue weighted by Crippen LogP contribution is 2.27. The van der Waals surface area contributed by atoms with Gasteiger partial charge < -0.3 is 10.1 Å². The topological polar surface area (TPSA) is 39.1 Å². The summed E-state index contributed by atoms with van der Waals surface area (Å²) in [6.07, 6.45) is 3.81. The van der Waals surface area contributed by atoms with E-state index in [-0.39, 0.29) is 6.04 Å². The first-order valence-electron chi connectivity index (χ1n) is 7.09. The molecule has 1 unspecified atom stereocenters. The van der Waals surface area contributed by atoms with E-state index in [1.54, 1.807) is 13.3 Å². The summed E-state index contributed by atoms with van der Waals surface area (Å²) in [5.74, 6) is 0.844. The van der Waals surface area contributed by atoms with Gasteiger partial charge in [-0.05, 0) is 24.9 Å². The van der Waals surface area contributed by atoms with Crippen LogP contribution in [-0.2, 0) is 13.5 Å². The smallest absolute Gasteiger partial charge is 0.161 e. The van der Waals surface area contributed by atoms with Gasteiger partial charge in [0.25, 0.3) is 0 Å². The van der Waals surface area contributed by atoms with Gasteiger partial charge in [0.1, 0.15) is 0 Å². The first kappa shape index (κ1) is 14.6. The van der Waals surface area contributed by atoms with E-state index >= 15 is 0 Å². The zero-order valence-corrected chi connectivity index (χ0v) is 12.5. The van der Waals surface area contributed by atoms with Gasteiger partial charge in [-0.3, -0.25) is 4.68 Å². The quantitative estimate of drug-likeness (QED) is 0.843. The van der Waals surface area contributed by atoms with Gasteiger partial charge in [0.2, 0.25) is 0 Å². The molecule has 1 N–H and O–H groups in total. The predicted molar refractivity (Wildman–Crippen MR) is 80.9 cm³/mol. The van der Waals surface area contributed by atoms with Crippen molar-refractivity contribution < 1.29 is 4.74 Å². The van der Waals surface area contributed by atoms with Crippen molar-refractivity contribution in [3.63, 3.8) is 0 Å². The van der Waals surface area contributed by atoms with Crippen LogP contribution in [0.15, 0.2) is 36.5 Å². The van der Waals surface area contributed by atoms with Crippen molar-refractivity contribution in [3.8, 4) is 5.75 Å². The monoisotopic (exact) mass is 273 g/mol. The van der Waals surface area contributed by atoms with Crippen LogP contribution in [0.3, 0.4) is 0 Å². The molecule has 2 aromatic rings. The van der Waals surface area contributed by atoms with Gasteiger partial charge in [0.15, 0.2) is 5.75 Å². The molecule has 0 amide bonds. The summed E-state index contributed by atoms with van der Waals surface area (Å²) in [5, 5.41) is 7.90. The average Bonchev–Trinajstić information content (AvgIpc) is 2.85. The Labute approximate surface area is 120 Å². The fourth-order valence-electron chi connectivity index (χ4n) is 2.42. The summed E-state index contributed by atoms with van der Waals surface area (Å²) in [4.78, 5) is 0. The number of benzene rings is 1. The number of methoxy groups -OCH3 is 1. The Morgan fingerprint density at radius 1 is 1.30 bits per heavy atom. The highest BCUT2D eigenvalue weighted by molar-refractivity contribution is 5.30. The molecule has 0 radical (unpaired) electrons. The molecular weight excluding hydrogens is 250 g/mol. The van der Waals surface area contributed by atoms with Gasteiger partial charge in [-0.25, -0.2) is 0 Å². The van der Waals surface area contributed by atoms with Crippen LogP contribution in [0.2, 0.25) is 0 Å². The van der Waals surface area contributed by atoms with Crippen molar-refractivity contribution in [3.05, 3.63) is 47.8 Å². The molecule has 0 aliphatic heterocycles. The summed E-state index contributed by atoms with van der Waals surface area (Å²) >= 11 is 0. The largest absolute Gasteiger partial charge is 0.493 e. The van der Waals surface area contributed by atoms with E-state index in [1.165, 1.54) is 5.56 Å². The van der Waals surface area contributed by atoms with Crippen LogP contribution < -0.4 is 10.1 Å². The Kier molecular flexibility index (Phi) is 5.18. The minimum Gasteiger partial charge on any atom is -0.493 e. The maximum atomic E-state index is 5.44. The molecule has 4 heteroatoms. The Morgan fingerprint density at radius 2 is 2.05 bits per heavy atom. The van der Waals surface area contributed by atoms with Crippen LogP contribution in [0.5, 0.6) is 5.75 Å². The van der Waals surface area contributed by atoms with Gasteiger partial charge in [0.05, 0.1) is 25.0 Å². The molecule has 1 aromatic carbocycles. The van der Waals surface area contributed by atoms with E-state index in [4.69, 9.17) is 4.74 Å². The Balaban J connectivity index is 2.24. The molecule has 1 heterocycles. The molecule has 4 nitrogen and oxygen atoms in total. The molecular formula is C16H23N3O. The third-order valence-corrected chi connectivity index (χ3v) is 3.42. The molecule has 20 heavy (non-hydrogen) atoms. The molecule has 0 fully saturated rings. The first-order valence-corrected chi connectivity index (χ1v) is 7.09. The van der Waals surface area contributed by atoms with Crippen LogP contribution in [0, 0.1) is 0 Å². The molecule has 108 valence electrons. The SMILES string of the molecule is CCCNC(Cc1ccccc1)c1c(OC)cnn1C. The minimum absolute atomic E-state index is 0.208. The predicted octanol–water partition coefficient (Wildman–Crippen LogP) is 2.71. The highest BCUT2D eigenvalue weighted by Gasteiger charge is 2.20. The molecule has 1 atom stereocenters. The zero-order chi connectivity index (χ0) is 14.4. The molecule has 0 saturated heterocycles. The van der Waals surface area contributed by atoms with Crippen molar-refractivity contribution in [2.45, 2.75) is 25.8 Å². The van der Waals surface area contributed by atoms with E-state index < -0.39 is 0 Å². The maximum Gasteiger partial charge on any atom is 0.161 e. The van der Waals surface area contributed by atoms with Crippen LogP contribution in [0.4, 0.5) is 0 Å². The lowest BCUT2D eigenvalue weighted by atomic mass is 10.0. The van der Waals surface area contributed by atoms with Gasteiger partial charge in [-0.2, -0.15) is 5.10 Å². The molecule has 0 bridgehead atoms. The molecule has 0 spiro atoms. The van der Waals surface area contributed by atoms with Crippen LogP contribution in [0.25, 0.3) is 0 Å². The van der Waals surface area contributed by atoms with Crippen molar-refractivity contribution in [1.29, 1.82) is 0 Å². The number of hydrogen-bond acceptors (Lipinski definition) is 3. The summed E-state index contributed by atoms with van der Waals surface area (Å²) < 4.78 is 7.34. The van der Waals surface area contributed by atoms with Crippen molar-refractivity contribution in [2.24, 2.45) is 7.05 Å². The van der Waals surface area contributed by atoms with Crippen molar-refractivity contribution in [1.82, 2.24) is 15.1 Å². The normalized spacial score (nSPS) is 12.3. The molecule has 0 aliphatic carbocycles. The standard InChI is InChI=1S/C16H23N3O/c1-4-10-17-14(11-13-8-6-5-7-9-13)16-15(20-3)12-18-19(16)2/h5-9,12,14,17H,4,10-11H2,1-3H3. The van der Waals surface area contributed by atoms with Gasteiger partial charge in [0, 0.05) is 7.05 Å². The van der Waals surface area contributed by atoms with Gasteiger partial charge >= 0.3 is 0 Å². The minimum atomic E-state index is 0.208. The van der Waals surface area contributed by atoms with E-state index in [1.807, 2.05) is 17.8 Å². The Hall–Kier alpha value is -1.81. The lowest BCUT2D eigenvalue weighted by molar-refractivity contribution is 0.392. The number of ether oxygens (including phenoxy) is 1. The van der Waals surface area contributed by atoms with E-state index in [0.29, 0.717) is 0 Å². The highest BCUT2D eigenvalue weighted by atomic mass is 16.5. The number of nitrogens with one attached hydrogen (secondary N) is 1. The fourth-order valence-corrected chi connectivity index (χ4v) is 2.42. The van der Waals surface area contributed by atoms with Crippen molar-refractivity contribution >= 4 is 0 Å². The molecule has 0 aliphatic rings. The number of aryl methyl sites for hydroxylation is 1. The van der Waals surface area contributed by atoms with Gasteiger partial charge in [-0.15, -0.1) is 0 Å². The summed E-state index contributed by atoms with van der Waals surface area (Å²) in [5.41, 5.74) is 2.41. The molecule has 0 saturated carbocycles. The van der Waals surface area contributed by atoms with Crippen LogP contribution in [0.1, 0.15) is 30.6 Å². The maximum absolute atomic E-state index is 5.44. The number of hydrogen-bond donors (Lipinski definition) is 1. The van der Waals surface area contributed by atoms with E-state index in [9.17, 15) is 0 Å². The number of nitrogens with zero attached hydrogens (tertiary/aromatic N) is 2. The average molecular weight is 273 g/mol. The van der Waals surface area contributed by atoms with E-state index in [0.717, 1.165) is 30.8 Å². The second-order valence-electron chi connectivity index (χ2n) is 4.92. The lowest BCUT2D eigenvalue weighted by Crippen LogP contribution is -2.26. The van der Waals surface area contributed by atoms with Gasteiger partial charge in [-0.1, -0.05) is 37.3 Å². The lowest BCUT2D eigenvalue weighted by Gasteiger charge is -2.20. The third kappa shape index (κ3) is 3.39. The second-order valence-corrected chi connectivity index (χ2v) is 4.92. The zero-order valence-electron chi connectivity index (χ0n) is 12.5. The van der Waals surface area contributed by atoms with Crippen molar-refractivity contribution in [2.75, 3.05) is 13.7 Å². The number of aromatic nitrogens is 2. The summed E-state index contributed by atoms with van der Waals surface area (Å²) in [6, 6.07) is 10.7. The fraction of sp³-hybridized carbons (Fsp3) is 0.438. The molecule has 1 aromatic heterocycles. The number of rotatable bonds is 7. The Bertz CT molecular complexity index is 522. The van der Waals surface area contributed by atoms with Crippen LogP contribution in [-0.4, -0.2) is 23.4 Å². The molecule has 2 rings (SSSR count). The van der Waals surface area contributed by atoms with Crippen LogP contribution >= 0.6 is 0 Å².